The Morgan fingerprint density at radius 1 is 1.38 bits per heavy atom. The second-order valence-electron chi connectivity index (χ2n) is 4.32. The van der Waals surface area contributed by atoms with E-state index in [1.54, 1.807) is 19.1 Å². The maximum atomic E-state index is 12.2. The number of nitrogens with zero attached hydrogens (tertiary/aromatic N) is 2. The van der Waals surface area contributed by atoms with Crippen LogP contribution in [0.1, 0.15) is 16.3 Å². The zero-order valence-corrected chi connectivity index (χ0v) is 13.1. The minimum atomic E-state index is -0.278. The van der Waals surface area contributed by atoms with Crippen LogP contribution in [0.15, 0.2) is 47.5 Å². The molecule has 2 aromatic rings. The molecule has 2 rings (SSSR count). The fourth-order valence-electron chi connectivity index (χ4n) is 1.71. The largest absolute Gasteiger partial charge is 0.366 e. The summed E-state index contributed by atoms with van der Waals surface area (Å²) in [5.41, 5.74) is 1.01. The first-order valence-electron chi connectivity index (χ1n) is 6.36. The molecule has 0 aliphatic heterocycles. The van der Waals surface area contributed by atoms with Crippen molar-refractivity contribution < 1.29 is 4.79 Å². The number of hydrogen-bond acceptors (Lipinski definition) is 4. The second-order valence-corrected chi connectivity index (χ2v) is 5.24. The van der Waals surface area contributed by atoms with Gasteiger partial charge in [-0.25, -0.2) is 9.97 Å². The van der Waals surface area contributed by atoms with E-state index in [9.17, 15) is 4.79 Å². The Hall–Kier alpha value is -2.21. The van der Waals surface area contributed by atoms with Gasteiger partial charge in [-0.05, 0) is 25.1 Å². The molecule has 0 saturated heterocycles. The number of aryl methyl sites for hydroxylation is 1. The highest BCUT2D eigenvalue weighted by atomic mass is 79.9. The van der Waals surface area contributed by atoms with E-state index in [1.165, 1.54) is 0 Å². The summed E-state index contributed by atoms with van der Waals surface area (Å²) in [5.74, 6) is 0.852. The SMILES string of the molecule is C=CCNc1cc(C(=O)Nc2cccc(Br)c2)nc(C)n1. The first-order chi connectivity index (χ1) is 10.1. The molecule has 0 aliphatic carbocycles. The molecule has 108 valence electrons. The van der Waals surface area contributed by atoms with E-state index < -0.39 is 0 Å². The molecule has 0 aliphatic rings. The molecule has 0 unspecified atom stereocenters. The van der Waals surface area contributed by atoms with E-state index >= 15 is 0 Å². The van der Waals surface area contributed by atoms with Crippen LogP contribution in [0, 0.1) is 6.92 Å². The monoisotopic (exact) mass is 346 g/mol. The predicted molar refractivity (Wildman–Crippen MR) is 87.6 cm³/mol. The van der Waals surface area contributed by atoms with Gasteiger partial charge in [0.1, 0.15) is 17.3 Å². The number of carbonyl (C=O) groups excluding carboxylic acids is 1. The fraction of sp³-hybridized carbons (Fsp3) is 0.133. The molecule has 1 amide bonds. The van der Waals surface area contributed by atoms with Gasteiger partial charge in [0.05, 0.1) is 0 Å². The van der Waals surface area contributed by atoms with Gasteiger partial charge >= 0.3 is 0 Å². The molecule has 1 aromatic carbocycles. The summed E-state index contributed by atoms with van der Waals surface area (Å²) in [4.78, 5) is 20.6. The Bertz CT molecular complexity index is 672. The van der Waals surface area contributed by atoms with E-state index in [4.69, 9.17) is 0 Å². The molecule has 2 N–H and O–H groups in total. The maximum Gasteiger partial charge on any atom is 0.274 e. The number of benzene rings is 1. The van der Waals surface area contributed by atoms with Crippen molar-refractivity contribution in [3.8, 4) is 0 Å². The second kappa shape index (κ2) is 6.99. The zero-order chi connectivity index (χ0) is 15.2. The Balaban J connectivity index is 2.18. The molecular weight excluding hydrogens is 332 g/mol. The Labute approximate surface area is 131 Å². The smallest absolute Gasteiger partial charge is 0.274 e. The highest BCUT2D eigenvalue weighted by molar-refractivity contribution is 9.10. The van der Waals surface area contributed by atoms with Gasteiger partial charge in [-0.3, -0.25) is 4.79 Å². The van der Waals surface area contributed by atoms with Gasteiger partial charge < -0.3 is 10.6 Å². The first kappa shape index (κ1) is 15.2. The van der Waals surface area contributed by atoms with Crippen molar-refractivity contribution in [3.63, 3.8) is 0 Å². The number of nitrogens with one attached hydrogen (secondary N) is 2. The molecule has 0 fully saturated rings. The zero-order valence-electron chi connectivity index (χ0n) is 11.6. The van der Waals surface area contributed by atoms with E-state index in [-0.39, 0.29) is 5.91 Å². The number of carbonyl (C=O) groups is 1. The molecule has 0 atom stereocenters. The first-order valence-corrected chi connectivity index (χ1v) is 7.15. The fourth-order valence-corrected chi connectivity index (χ4v) is 2.11. The standard InChI is InChI=1S/C15H15BrN4O/c1-3-7-17-14-9-13(18-10(2)19-14)15(21)20-12-6-4-5-11(16)8-12/h3-6,8-9H,1,7H2,2H3,(H,20,21)(H,17,18,19). The molecule has 0 saturated carbocycles. The summed E-state index contributed by atoms with van der Waals surface area (Å²) in [6, 6.07) is 8.99. The molecule has 0 radical (unpaired) electrons. The van der Waals surface area contributed by atoms with Gasteiger partial charge in [0, 0.05) is 22.8 Å². The van der Waals surface area contributed by atoms with Crippen molar-refractivity contribution in [2.24, 2.45) is 0 Å². The van der Waals surface area contributed by atoms with Crippen LogP contribution in [0.25, 0.3) is 0 Å². The lowest BCUT2D eigenvalue weighted by Gasteiger charge is -2.08. The van der Waals surface area contributed by atoms with E-state index in [0.717, 1.165) is 4.47 Å². The number of amides is 1. The van der Waals surface area contributed by atoms with Crippen molar-refractivity contribution in [3.05, 3.63) is 59.0 Å². The van der Waals surface area contributed by atoms with Crippen LogP contribution in [-0.2, 0) is 0 Å². The van der Waals surface area contributed by atoms with Gasteiger partial charge in [-0.2, -0.15) is 0 Å². The summed E-state index contributed by atoms with van der Waals surface area (Å²) in [6.07, 6.45) is 1.72. The minimum absolute atomic E-state index is 0.278. The van der Waals surface area contributed by atoms with Crippen LogP contribution in [0.3, 0.4) is 0 Å². The van der Waals surface area contributed by atoms with Crippen molar-refractivity contribution in [2.75, 3.05) is 17.2 Å². The Morgan fingerprint density at radius 2 is 2.19 bits per heavy atom. The Kier molecular flexibility index (Phi) is 5.05. The summed E-state index contributed by atoms with van der Waals surface area (Å²) in [7, 11) is 0. The van der Waals surface area contributed by atoms with Crippen molar-refractivity contribution in [2.45, 2.75) is 6.92 Å². The minimum Gasteiger partial charge on any atom is -0.366 e. The number of rotatable bonds is 5. The summed E-state index contributed by atoms with van der Waals surface area (Å²) in [6.45, 7) is 5.95. The lowest BCUT2D eigenvalue weighted by Crippen LogP contribution is -2.15. The molecule has 1 heterocycles. The molecule has 0 bridgehead atoms. The van der Waals surface area contributed by atoms with Crippen molar-refractivity contribution in [1.29, 1.82) is 0 Å². The van der Waals surface area contributed by atoms with Crippen LogP contribution in [-0.4, -0.2) is 22.4 Å². The number of hydrogen-bond donors (Lipinski definition) is 2. The third-order valence-electron chi connectivity index (χ3n) is 2.58. The lowest BCUT2D eigenvalue weighted by molar-refractivity contribution is 0.102. The third-order valence-corrected chi connectivity index (χ3v) is 3.07. The van der Waals surface area contributed by atoms with Crippen LogP contribution in [0.4, 0.5) is 11.5 Å². The van der Waals surface area contributed by atoms with E-state index in [2.05, 4.69) is 43.1 Å². The quantitative estimate of drug-likeness (QED) is 0.814. The third kappa shape index (κ3) is 4.39. The molecule has 5 nitrogen and oxygen atoms in total. The number of aromatic nitrogens is 2. The molecule has 1 aromatic heterocycles. The summed E-state index contributed by atoms with van der Waals surface area (Å²) in [5, 5.41) is 5.85. The van der Waals surface area contributed by atoms with E-state index in [1.807, 2.05) is 24.3 Å². The van der Waals surface area contributed by atoms with Gasteiger partial charge in [0.15, 0.2) is 0 Å². The van der Waals surface area contributed by atoms with Crippen LogP contribution < -0.4 is 10.6 Å². The van der Waals surface area contributed by atoms with Crippen molar-refractivity contribution in [1.82, 2.24) is 9.97 Å². The van der Waals surface area contributed by atoms with E-state index in [0.29, 0.717) is 29.6 Å². The molecule has 6 heteroatoms. The Morgan fingerprint density at radius 3 is 2.90 bits per heavy atom. The molecular formula is C15H15BrN4O. The summed E-state index contributed by atoms with van der Waals surface area (Å²) >= 11 is 3.36. The predicted octanol–water partition coefficient (Wildman–Crippen LogP) is 3.40. The maximum absolute atomic E-state index is 12.2. The van der Waals surface area contributed by atoms with Crippen LogP contribution in [0.2, 0.25) is 0 Å². The average molecular weight is 347 g/mol. The van der Waals surface area contributed by atoms with Crippen LogP contribution in [0.5, 0.6) is 0 Å². The average Bonchev–Trinajstić information content (AvgIpc) is 2.44. The summed E-state index contributed by atoms with van der Waals surface area (Å²) < 4.78 is 0.896. The highest BCUT2D eigenvalue weighted by Gasteiger charge is 2.10. The molecule has 21 heavy (non-hydrogen) atoms. The van der Waals surface area contributed by atoms with Gasteiger partial charge in [-0.1, -0.05) is 28.1 Å². The van der Waals surface area contributed by atoms with Crippen molar-refractivity contribution >= 4 is 33.3 Å². The number of halogens is 1. The molecule has 0 spiro atoms. The van der Waals surface area contributed by atoms with Gasteiger partial charge in [0.2, 0.25) is 0 Å². The van der Waals surface area contributed by atoms with Gasteiger partial charge in [-0.15, -0.1) is 6.58 Å². The van der Waals surface area contributed by atoms with Crippen LogP contribution >= 0.6 is 15.9 Å². The lowest BCUT2D eigenvalue weighted by atomic mass is 10.3. The number of anilines is 2. The van der Waals surface area contributed by atoms with Gasteiger partial charge in [0.25, 0.3) is 5.91 Å². The topological polar surface area (TPSA) is 66.9 Å². The highest BCUT2D eigenvalue weighted by Crippen LogP contribution is 2.16. The normalized spacial score (nSPS) is 10.0.